The Bertz CT molecular complexity index is 1190. The van der Waals surface area contributed by atoms with E-state index in [-0.39, 0.29) is 19.2 Å². The summed E-state index contributed by atoms with van der Waals surface area (Å²) in [5.41, 5.74) is 6.93. The second-order valence-electron chi connectivity index (χ2n) is 7.19. The summed E-state index contributed by atoms with van der Waals surface area (Å²) in [5.74, 6) is 1.78. The van der Waals surface area contributed by atoms with Gasteiger partial charge in [0, 0.05) is 33.7 Å². The summed E-state index contributed by atoms with van der Waals surface area (Å²) < 4.78 is 18.1. The number of methoxy groups -OCH3 is 1. The summed E-state index contributed by atoms with van der Waals surface area (Å²) in [5, 5.41) is 7.75. The quantitative estimate of drug-likeness (QED) is 0.415. The third-order valence-corrected chi connectivity index (χ3v) is 5.31. The topological polar surface area (TPSA) is 86.1 Å². The van der Waals surface area contributed by atoms with Gasteiger partial charge in [0.15, 0.2) is 11.5 Å². The highest BCUT2D eigenvalue weighted by molar-refractivity contribution is 6.30. The van der Waals surface area contributed by atoms with Crippen LogP contribution in [0.1, 0.15) is 17.0 Å². The number of benzene rings is 2. The first-order valence-corrected chi connectivity index (χ1v) is 10.3. The van der Waals surface area contributed by atoms with Crippen molar-refractivity contribution in [2.24, 2.45) is 5.10 Å². The van der Waals surface area contributed by atoms with Crippen molar-refractivity contribution in [3.05, 3.63) is 64.4 Å². The first kappa shape index (κ1) is 21.6. The highest BCUT2D eigenvalue weighted by Gasteiger charge is 2.15. The molecule has 0 spiro atoms. The van der Waals surface area contributed by atoms with Crippen molar-refractivity contribution in [3.8, 4) is 22.9 Å². The third-order valence-electron chi connectivity index (χ3n) is 5.07. The van der Waals surface area contributed by atoms with Gasteiger partial charge in [0.25, 0.3) is 5.91 Å². The van der Waals surface area contributed by atoms with Gasteiger partial charge in [-0.15, -0.1) is 0 Å². The van der Waals surface area contributed by atoms with Gasteiger partial charge < -0.3 is 24.1 Å². The van der Waals surface area contributed by atoms with Crippen LogP contribution < -0.4 is 25.0 Å². The Hall–Kier alpha value is -3.65. The average molecular weight is 455 g/mol. The van der Waals surface area contributed by atoms with E-state index < -0.39 is 0 Å². The van der Waals surface area contributed by atoms with E-state index in [9.17, 15) is 4.79 Å². The number of hydrogen-bond acceptors (Lipinski definition) is 6. The predicted molar refractivity (Wildman–Crippen MR) is 124 cm³/mol. The van der Waals surface area contributed by atoms with Crippen LogP contribution in [-0.4, -0.2) is 37.1 Å². The molecule has 2 N–H and O–H groups in total. The Balaban J connectivity index is 1.40. The lowest BCUT2D eigenvalue weighted by atomic mass is 10.2. The molecule has 1 aromatic heterocycles. The lowest BCUT2D eigenvalue weighted by Gasteiger charge is -2.14. The molecule has 4 rings (SSSR count). The summed E-state index contributed by atoms with van der Waals surface area (Å²) >= 11 is 6.19. The van der Waals surface area contributed by atoms with Crippen LogP contribution in [0.15, 0.2) is 47.6 Å². The average Bonchev–Trinajstić information content (AvgIpc) is 3.35. The summed E-state index contributed by atoms with van der Waals surface area (Å²) in [6, 6.07) is 12.9. The van der Waals surface area contributed by atoms with Crippen LogP contribution >= 0.6 is 11.6 Å². The molecule has 0 aliphatic carbocycles. The molecular formula is C23H23ClN4O4. The number of rotatable bonds is 7. The summed E-state index contributed by atoms with van der Waals surface area (Å²) in [4.78, 5) is 12.2. The van der Waals surface area contributed by atoms with E-state index in [0.29, 0.717) is 22.3 Å². The molecule has 0 fully saturated rings. The standard InChI is InChI=1S/C23H23ClN4O4/c1-14-8-16(15(2)28(14)19-9-17(24)4-6-20(19)30-3)11-26-27-23(29)12-25-18-5-7-21-22(10-18)32-13-31-21/h4-11,25H,12-13H2,1-3H3,(H,27,29)/b26-11-. The molecule has 0 radical (unpaired) electrons. The zero-order valence-electron chi connectivity index (χ0n) is 17.9. The van der Waals surface area contributed by atoms with Crippen LogP contribution in [0, 0.1) is 13.8 Å². The maximum absolute atomic E-state index is 12.2. The van der Waals surface area contributed by atoms with Crippen molar-refractivity contribution in [1.82, 2.24) is 9.99 Å². The molecule has 0 saturated heterocycles. The van der Waals surface area contributed by atoms with Gasteiger partial charge in [-0.25, -0.2) is 5.43 Å². The fraction of sp³-hybridized carbons (Fsp3) is 0.217. The fourth-order valence-corrected chi connectivity index (χ4v) is 3.70. The summed E-state index contributed by atoms with van der Waals surface area (Å²) in [6.45, 7) is 4.23. The van der Waals surface area contributed by atoms with Gasteiger partial charge in [-0.3, -0.25) is 4.79 Å². The van der Waals surface area contributed by atoms with Crippen LogP contribution in [0.2, 0.25) is 5.02 Å². The number of anilines is 1. The molecule has 2 aromatic carbocycles. The highest BCUT2D eigenvalue weighted by Crippen LogP contribution is 2.34. The molecule has 1 aliphatic heterocycles. The molecule has 8 nitrogen and oxygen atoms in total. The van der Waals surface area contributed by atoms with Crippen molar-refractivity contribution in [2.45, 2.75) is 13.8 Å². The molecule has 9 heteroatoms. The first-order chi connectivity index (χ1) is 15.5. The Morgan fingerprint density at radius 3 is 2.81 bits per heavy atom. The van der Waals surface area contributed by atoms with E-state index in [0.717, 1.165) is 28.3 Å². The van der Waals surface area contributed by atoms with Crippen molar-refractivity contribution in [3.63, 3.8) is 0 Å². The number of carbonyl (C=O) groups is 1. The van der Waals surface area contributed by atoms with Gasteiger partial charge in [-0.1, -0.05) is 11.6 Å². The van der Waals surface area contributed by atoms with Crippen LogP contribution in [0.3, 0.4) is 0 Å². The predicted octanol–water partition coefficient (Wildman–Crippen LogP) is 4.05. The summed E-state index contributed by atoms with van der Waals surface area (Å²) in [7, 11) is 1.62. The monoisotopic (exact) mass is 454 g/mol. The van der Waals surface area contributed by atoms with Crippen LogP contribution in [-0.2, 0) is 4.79 Å². The van der Waals surface area contributed by atoms with E-state index in [1.807, 2.05) is 42.7 Å². The number of hydrogen-bond donors (Lipinski definition) is 2. The number of aromatic nitrogens is 1. The number of fused-ring (bicyclic) bond motifs is 1. The van der Waals surface area contributed by atoms with Crippen LogP contribution in [0.25, 0.3) is 5.69 Å². The Labute approximate surface area is 190 Å². The van der Waals surface area contributed by atoms with Gasteiger partial charge in [-0.05, 0) is 50.2 Å². The number of nitrogens with zero attached hydrogens (tertiary/aromatic N) is 2. The molecule has 0 unspecified atom stereocenters. The first-order valence-electron chi connectivity index (χ1n) is 9.94. The minimum absolute atomic E-state index is 0.0652. The minimum Gasteiger partial charge on any atom is -0.495 e. The van der Waals surface area contributed by atoms with E-state index in [2.05, 4.69) is 15.8 Å². The van der Waals surface area contributed by atoms with E-state index in [4.69, 9.17) is 25.8 Å². The van der Waals surface area contributed by atoms with E-state index >= 15 is 0 Å². The number of amides is 1. The largest absolute Gasteiger partial charge is 0.495 e. The van der Waals surface area contributed by atoms with Crippen molar-refractivity contribution < 1.29 is 19.0 Å². The number of hydrazone groups is 1. The van der Waals surface area contributed by atoms with Gasteiger partial charge in [0.05, 0.1) is 25.6 Å². The summed E-state index contributed by atoms with van der Waals surface area (Å²) in [6.07, 6.45) is 1.62. The highest BCUT2D eigenvalue weighted by atomic mass is 35.5. The van der Waals surface area contributed by atoms with E-state index in [1.54, 1.807) is 31.5 Å². The van der Waals surface area contributed by atoms with Gasteiger partial charge in [-0.2, -0.15) is 5.10 Å². The molecular weight excluding hydrogens is 432 g/mol. The lowest BCUT2D eigenvalue weighted by molar-refractivity contribution is -0.119. The van der Waals surface area contributed by atoms with Gasteiger partial charge in [0.2, 0.25) is 6.79 Å². The molecule has 0 atom stereocenters. The number of halogens is 1. The molecule has 1 amide bonds. The normalized spacial score (nSPS) is 12.2. The molecule has 2 heterocycles. The molecule has 0 saturated carbocycles. The third kappa shape index (κ3) is 4.50. The number of ether oxygens (including phenoxy) is 3. The minimum atomic E-state index is -0.274. The zero-order chi connectivity index (χ0) is 22.7. The molecule has 0 bridgehead atoms. The Kier molecular flexibility index (Phi) is 6.23. The lowest BCUT2D eigenvalue weighted by Crippen LogP contribution is -2.25. The zero-order valence-corrected chi connectivity index (χ0v) is 18.7. The number of nitrogens with one attached hydrogen (secondary N) is 2. The smallest absolute Gasteiger partial charge is 0.259 e. The van der Waals surface area contributed by atoms with E-state index in [1.165, 1.54) is 0 Å². The maximum Gasteiger partial charge on any atom is 0.259 e. The van der Waals surface area contributed by atoms with Gasteiger partial charge in [0.1, 0.15) is 5.75 Å². The SMILES string of the molecule is COc1ccc(Cl)cc1-n1c(C)cc(/C=N\NC(=O)CNc2ccc3c(c2)OCO3)c1C. The second-order valence-corrected chi connectivity index (χ2v) is 7.63. The number of carbonyl (C=O) groups excluding carboxylic acids is 1. The molecule has 3 aromatic rings. The maximum atomic E-state index is 12.2. The molecule has 1 aliphatic rings. The van der Waals surface area contributed by atoms with Crippen molar-refractivity contribution >= 4 is 29.4 Å². The Morgan fingerprint density at radius 1 is 1.19 bits per heavy atom. The number of aryl methyl sites for hydroxylation is 1. The second kappa shape index (κ2) is 9.23. The van der Waals surface area contributed by atoms with Crippen molar-refractivity contribution in [2.75, 3.05) is 25.8 Å². The van der Waals surface area contributed by atoms with Crippen LogP contribution in [0.4, 0.5) is 5.69 Å². The molecule has 32 heavy (non-hydrogen) atoms. The van der Waals surface area contributed by atoms with Crippen molar-refractivity contribution in [1.29, 1.82) is 0 Å². The van der Waals surface area contributed by atoms with Gasteiger partial charge >= 0.3 is 0 Å². The van der Waals surface area contributed by atoms with Crippen LogP contribution in [0.5, 0.6) is 17.2 Å². The Morgan fingerprint density at radius 2 is 2.00 bits per heavy atom. The molecule has 166 valence electrons. The fourth-order valence-electron chi connectivity index (χ4n) is 3.53.